The third-order valence-electron chi connectivity index (χ3n) is 4.87. The average Bonchev–Trinajstić information content (AvgIpc) is 2.71. The quantitative estimate of drug-likeness (QED) is 0.510. The van der Waals surface area contributed by atoms with Gasteiger partial charge in [-0.25, -0.2) is 13.9 Å². The van der Waals surface area contributed by atoms with E-state index in [4.69, 9.17) is 21.5 Å². The van der Waals surface area contributed by atoms with Crippen molar-refractivity contribution in [1.82, 2.24) is 9.79 Å². The fourth-order valence-corrected chi connectivity index (χ4v) is 6.66. The van der Waals surface area contributed by atoms with E-state index in [1.165, 1.54) is 43.6 Å². The maximum Gasteiger partial charge on any atom is 0.263 e. The molecule has 2 atom stereocenters. The van der Waals surface area contributed by atoms with E-state index >= 15 is 0 Å². The van der Waals surface area contributed by atoms with Gasteiger partial charge in [-0.15, -0.1) is 0 Å². The van der Waals surface area contributed by atoms with Gasteiger partial charge >= 0.3 is 0 Å². The third-order valence-corrected chi connectivity index (χ3v) is 8.95. The average molecular weight is 473 g/mol. The molecule has 2 aromatic rings. The van der Waals surface area contributed by atoms with Crippen LogP contribution in [0.3, 0.4) is 0 Å². The second-order valence-electron chi connectivity index (χ2n) is 7.17. The standard InChI is InChI=1S/C19H21ClN2O6S2/c1-19(2)17(18(23)21-24)22(11-12-29(19)25)30(26,27)16-9-7-15(8-10-16)28-14-5-3-13(20)4-6-14/h3-10,17,24H,11-12H2,1-2H3,(H,21,23). The molecule has 2 N–H and O–H groups in total. The highest BCUT2D eigenvalue weighted by Crippen LogP contribution is 2.33. The topological polar surface area (TPSA) is 113 Å². The number of hydrogen-bond acceptors (Lipinski definition) is 6. The van der Waals surface area contributed by atoms with Crippen LogP contribution in [0.5, 0.6) is 11.5 Å². The molecular weight excluding hydrogens is 452 g/mol. The summed E-state index contributed by atoms with van der Waals surface area (Å²) in [6, 6.07) is 11.1. The largest absolute Gasteiger partial charge is 0.457 e. The zero-order valence-corrected chi connectivity index (χ0v) is 18.6. The van der Waals surface area contributed by atoms with Gasteiger partial charge in [0.2, 0.25) is 10.0 Å². The summed E-state index contributed by atoms with van der Waals surface area (Å²) >= 11 is 5.84. The molecule has 0 aliphatic carbocycles. The number of hydroxylamine groups is 1. The predicted molar refractivity (Wildman–Crippen MR) is 113 cm³/mol. The molecule has 0 spiro atoms. The lowest BCUT2D eigenvalue weighted by atomic mass is 10.0. The number of halogens is 1. The van der Waals surface area contributed by atoms with Crippen LogP contribution in [0, 0.1) is 0 Å². The fraction of sp³-hybridized carbons (Fsp3) is 0.316. The molecule has 2 aromatic carbocycles. The summed E-state index contributed by atoms with van der Waals surface area (Å²) in [6.45, 7) is 2.96. The van der Waals surface area contributed by atoms with Crippen LogP contribution in [0.2, 0.25) is 5.02 Å². The van der Waals surface area contributed by atoms with Gasteiger partial charge in [-0.1, -0.05) is 11.6 Å². The molecule has 1 heterocycles. The minimum atomic E-state index is -4.10. The Morgan fingerprint density at radius 2 is 1.70 bits per heavy atom. The zero-order valence-electron chi connectivity index (χ0n) is 16.2. The van der Waals surface area contributed by atoms with E-state index in [0.29, 0.717) is 16.5 Å². The number of rotatable bonds is 5. The molecule has 2 unspecified atom stereocenters. The van der Waals surface area contributed by atoms with E-state index in [1.54, 1.807) is 24.3 Å². The van der Waals surface area contributed by atoms with E-state index in [0.717, 1.165) is 4.31 Å². The van der Waals surface area contributed by atoms with Crippen molar-refractivity contribution in [3.8, 4) is 11.5 Å². The molecule has 11 heteroatoms. The lowest BCUT2D eigenvalue weighted by Gasteiger charge is -2.42. The maximum atomic E-state index is 13.2. The van der Waals surface area contributed by atoms with Crippen molar-refractivity contribution < 1.29 is 27.4 Å². The van der Waals surface area contributed by atoms with Gasteiger partial charge in [0, 0.05) is 28.1 Å². The van der Waals surface area contributed by atoms with Crippen LogP contribution in [0.15, 0.2) is 53.4 Å². The Morgan fingerprint density at radius 1 is 1.17 bits per heavy atom. The van der Waals surface area contributed by atoms with Crippen LogP contribution in [0.1, 0.15) is 13.8 Å². The second kappa shape index (κ2) is 8.64. The molecule has 8 nitrogen and oxygen atoms in total. The molecule has 1 aliphatic heterocycles. The first kappa shape index (κ1) is 22.7. The number of sulfonamides is 1. The number of carbonyl (C=O) groups is 1. The Kier molecular flexibility index (Phi) is 6.54. The summed E-state index contributed by atoms with van der Waals surface area (Å²) in [5, 5.41) is 9.67. The molecule has 1 amide bonds. The summed E-state index contributed by atoms with van der Waals surface area (Å²) in [6.07, 6.45) is 0. The number of ether oxygens (including phenoxy) is 1. The van der Waals surface area contributed by atoms with Gasteiger partial charge in [0.05, 0.1) is 9.64 Å². The number of nitrogens with zero attached hydrogens (tertiary/aromatic N) is 1. The molecule has 1 saturated heterocycles. The normalized spacial score (nSPS) is 21.7. The third kappa shape index (κ3) is 4.37. The fourth-order valence-electron chi connectivity index (χ4n) is 3.26. The smallest absolute Gasteiger partial charge is 0.263 e. The Hall–Kier alpha value is -1.98. The minimum absolute atomic E-state index is 0.0508. The molecule has 0 saturated carbocycles. The van der Waals surface area contributed by atoms with E-state index in [-0.39, 0.29) is 17.2 Å². The highest BCUT2D eigenvalue weighted by molar-refractivity contribution is 7.90. The maximum absolute atomic E-state index is 13.2. The molecule has 1 aliphatic rings. The molecule has 3 rings (SSSR count). The van der Waals surface area contributed by atoms with Crippen molar-refractivity contribution in [1.29, 1.82) is 0 Å². The lowest BCUT2D eigenvalue weighted by Crippen LogP contribution is -2.64. The van der Waals surface area contributed by atoms with Gasteiger partial charge in [-0.3, -0.25) is 14.2 Å². The molecule has 30 heavy (non-hydrogen) atoms. The second-order valence-corrected chi connectivity index (χ2v) is 11.7. The Morgan fingerprint density at radius 3 is 2.23 bits per heavy atom. The predicted octanol–water partition coefficient (Wildman–Crippen LogP) is 2.54. The lowest BCUT2D eigenvalue weighted by molar-refractivity contribution is -0.134. The number of carbonyl (C=O) groups excluding carboxylic acids is 1. The highest BCUT2D eigenvalue weighted by Gasteiger charge is 2.51. The zero-order chi connectivity index (χ0) is 22.1. The molecular formula is C19H21ClN2O6S2. The highest BCUT2D eigenvalue weighted by atomic mass is 35.5. The summed E-state index contributed by atoms with van der Waals surface area (Å²) < 4.78 is 44.3. The number of nitrogens with one attached hydrogen (secondary N) is 1. The van der Waals surface area contributed by atoms with Crippen LogP contribution in [0.4, 0.5) is 0 Å². The van der Waals surface area contributed by atoms with E-state index in [2.05, 4.69) is 0 Å². The van der Waals surface area contributed by atoms with Crippen molar-refractivity contribution in [2.75, 3.05) is 12.3 Å². The number of benzene rings is 2. The van der Waals surface area contributed by atoms with Crippen LogP contribution in [-0.4, -0.2) is 51.1 Å². The van der Waals surface area contributed by atoms with Gasteiger partial charge < -0.3 is 4.74 Å². The van der Waals surface area contributed by atoms with Gasteiger partial charge in [0.15, 0.2) is 0 Å². The summed E-state index contributed by atoms with van der Waals surface area (Å²) in [5.74, 6) is 0.106. The van der Waals surface area contributed by atoms with Gasteiger partial charge in [0.25, 0.3) is 5.91 Å². The van der Waals surface area contributed by atoms with Crippen molar-refractivity contribution >= 4 is 38.3 Å². The SMILES string of the molecule is CC1(C)C(C(=O)NO)N(S(=O)(=O)c2ccc(Oc3ccc(Cl)cc3)cc2)CCS1=O. The van der Waals surface area contributed by atoms with E-state index in [1.807, 2.05) is 0 Å². The van der Waals surface area contributed by atoms with Crippen LogP contribution in [0.25, 0.3) is 0 Å². The number of amides is 1. The van der Waals surface area contributed by atoms with E-state index < -0.39 is 37.5 Å². The van der Waals surface area contributed by atoms with Crippen molar-refractivity contribution in [2.24, 2.45) is 0 Å². The summed E-state index contributed by atoms with van der Waals surface area (Å²) in [7, 11) is -5.55. The van der Waals surface area contributed by atoms with Crippen LogP contribution in [-0.2, 0) is 25.6 Å². The van der Waals surface area contributed by atoms with Gasteiger partial charge in [0.1, 0.15) is 17.5 Å². The van der Waals surface area contributed by atoms with Gasteiger partial charge in [-0.05, 0) is 62.4 Å². The van der Waals surface area contributed by atoms with E-state index in [9.17, 15) is 17.4 Å². The van der Waals surface area contributed by atoms with Crippen molar-refractivity contribution in [3.63, 3.8) is 0 Å². The van der Waals surface area contributed by atoms with Crippen LogP contribution >= 0.6 is 11.6 Å². The van der Waals surface area contributed by atoms with Crippen LogP contribution < -0.4 is 10.2 Å². The Bertz CT molecular complexity index is 1060. The molecule has 0 bridgehead atoms. The summed E-state index contributed by atoms with van der Waals surface area (Å²) in [5.41, 5.74) is 1.50. The number of hydrogen-bond donors (Lipinski definition) is 2. The summed E-state index contributed by atoms with van der Waals surface area (Å²) in [4.78, 5) is 12.2. The Labute approximate surface area is 182 Å². The van der Waals surface area contributed by atoms with Gasteiger partial charge in [-0.2, -0.15) is 4.31 Å². The molecule has 162 valence electrons. The van der Waals surface area contributed by atoms with Crippen molar-refractivity contribution in [2.45, 2.75) is 29.5 Å². The van der Waals surface area contributed by atoms with Crippen molar-refractivity contribution in [3.05, 3.63) is 53.6 Å². The molecule has 1 fully saturated rings. The first-order valence-electron chi connectivity index (χ1n) is 8.95. The molecule has 0 aromatic heterocycles. The monoisotopic (exact) mass is 472 g/mol. The minimum Gasteiger partial charge on any atom is -0.457 e. The first-order valence-corrected chi connectivity index (χ1v) is 12.1. The molecule has 0 radical (unpaired) electrons. The first-order chi connectivity index (χ1) is 14.1. The Balaban J connectivity index is 1.89.